The summed E-state index contributed by atoms with van der Waals surface area (Å²) in [5.41, 5.74) is 7.96. The van der Waals surface area contributed by atoms with Crippen molar-refractivity contribution in [1.29, 1.82) is 0 Å². The van der Waals surface area contributed by atoms with Crippen LogP contribution in [0.2, 0.25) is 0 Å². The van der Waals surface area contributed by atoms with Crippen molar-refractivity contribution in [2.45, 2.75) is 192 Å². The van der Waals surface area contributed by atoms with Crippen LogP contribution in [-0.2, 0) is 42.7 Å². The SMILES string of the molecule is C=C1CC2CC[C@]34C[C@@H](O)C(O3)[C@@H]3OC5CCC(CC(=O)CC6C(C[C@H]7O[C@@H](CC[C@@H]1O2)C[C@@H](C)C7=C)O[C@H](CC(O)CN)[C@@H]6OC)O[C@@H]5C(O4)C3I. The number of halogens is 1. The van der Waals surface area contributed by atoms with Gasteiger partial charge in [0.15, 0.2) is 5.79 Å². The van der Waals surface area contributed by atoms with Crippen molar-refractivity contribution in [2.75, 3.05) is 13.7 Å². The summed E-state index contributed by atoms with van der Waals surface area (Å²) in [6.45, 7) is 11.2. The minimum absolute atomic E-state index is 0.0129. The molecule has 1 spiro atoms. The summed E-state index contributed by atoms with van der Waals surface area (Å²) in [6.07, 6.45) is 2.99. The molecular weight excluding hydrogens is 797 g/mol. The summed E-state index contributed by atoms with van der Waals surface area (Å²) in [5.74, 6) is -0.856. The molecule has 0 aliphatic carbocycles. The molecule has 298 valence electrons. The first kappa shape index (κ1) is 39.3. The summed E-state index contributed by atoms with van der Waals surface area (Å²) >= 11 is 2.39. The first-order valence-corrected chi connectivity index (χ1v) is 21.4. The molecule has 0 saturated carbocycles. The second-order valence-electron chi connectivity index (χ2n) is 17.3. The van der Waals surface area contributed by atoms with Crippen LogP contribution in [0.4, 0.5) is 0 Å². The van der Waals surface area contributed by atoms with Gasteiger partial charge < -0.3 is 53.8 Å². The number of nitrogens with two attached hydrogens (primary N) is 1. The van der Waals surface area contributed by atoms with Crippen LogP contribution in [0, 0.1) is 11.8 Å². The lowest BCUT2D eigenvalue weighted by atomic mass is 9.81. The van der Waals surface area contributed by atoms with E-state index in [4.69, 9.17) is 43.6 Å². The maximum atomic E-state index is 14.1. The molecule has 8 heterocycles. The highest BCUT2D eigenvalue weighted by atomic mass is 127. The maximum absolute atomic E-state index is 14.1. The molecular formula is C40H60INO11. The average Bonchev–Trinajstić information content (AvgIpc) is 3.75. The van der Waals surface area contributed by atoms with Crippen LogP contribution in [-0.4, -0.2) is 131 Å². The fourth-order valence-electron chi connectivity index (χ4n) is 10.8. The van der Waals surface area contributed by atoms with Gasteiger partial charge in [-0.15, -0.1) is 0 Å². The van der Waals surface area contributed by atoms with Crippen LogP contribution in [0.25, 0.3) is 0 Å². The van der Waals surface area contributed by atoms with E-state index >= 15 is 0 Å². The molecule has 8 aliphatic heterocycles. The molecule has 0 radical (unpaired) electrons. The number of hydrogen-bond acceptors (Lipinski definition) is 12. The lowest BCUT2D eigenvalue weighted by molar-refractivity contribution is -0.274. The van der Waals surface area contributed by atoms with Gasteiger partial charge in [-0.1, -0.05) is 42.7 Å². The van der Waals surface area contributed by atoms with E-state index in [-0.39, 0.29) is 108 Å². The second-order valence-corrected chi connectivity index (χ2v) is 18.7. The average molecular weight is 858 g/mol. The van der Waals surface area contributed by atoms with E-state index < -0.39 is 30.2 Å². The minimum atomic E-state index is -0.971. The summed E-state index contributed by atoms with van der Waals surface area (Å²) in [7, 11) is 1.65. The number of aliphatic hydroxyl groups excluding tert-OH is 2. The molecule has 0 aromatic rings. The van der Waals surface area contributed by atoms with Crippen LogP contribution in [0.5, 0.6) is 0 Å². The first-order chi connectivity index (χ1) is 25.4. The number of ketones is 1. The summed E-state index contributed by atoms with van der Waals surface area (Å²) in [5, 5.41) is 21.8. The predicted molar refractivity (Wildman–Crippen MR) is 201 cm³/mol. The third kappa shape index (κ3) is 7.86. The third-order valence-corrected chi connectivity index (χ3v) is 15.1. The molecule has 0 amide bonds. The van der Waals surface area contributed by atoms with E-state index in [0.29, 0.717) is 32.1 Å². The first-order valence-electron chi connectivity index (χ1n) is 20.2. The Kier molecular flexibility index (Phi) is 11.9. The molecule has 13 heteroatoms. The molecule has 53 heavy (non-hydrogen) atoms. The monoisotopic (exact) mass is 857 g/mol. The zero-order chi connectivity index (χ0) is 37.2. The van der Waals surface area contributed by atoms with Crippen molar-refractivity contribution in [1.82, 2.24) is 0 Å². The van der Waals surface area contributed by atoms with Crippen LogP contribution < -0.4 is 5.73 Å². The Morgan fingerprint density at radius 1 is 0.887 bits per heavy atom. The summed E-state index contributed by atoms with van der Waals surface area (Å²) in [6, 6.07) is 0. The van der Waals surface area contributed by atoms with Crippen molar-refractivity contribution < 1.29 is 52.9 Å². The highest BCUT2D eigenvalue weighted by Crippen LogP contribution is 2.51. The normalized spacial score (nSPS) is 51.1. The summed E-state index contributed by atoms with van der Waals surface area (Å²) < 4.78 is 53.2. The van der Waals surface area contributed by atoms with Crippen LogP contribution in [0.1, 0.15) is 90.4 Å². The fraction of sp³-hybridized carbons (Fsp3) is 0.875. The Balaban J connectivity index is 1.07. The Bertz CT molecular complexity index is 1370. The maximum Gasteiger partial charge on any atom is 0.172 e. The Morgan fingerprint density at radius 2 is 1.64 bits per heavy atom. The lowest BCUT2D eigenvalue weighted by Crippen LogP contribution is -2.63. The van der Waals surface area contributed by atoms with E-state index in [1.165, 1.54) is 0 Å². The standard InChI is InChI=1S/C40H60INO11/c1-19-11-24-5-7-29-20(2)12-26(47-29)9-10-40-17-28(45)36(52-40)38-34(41)39(53-40)37-30(51-38)8-6-25(49-37)13-22(43)14-27-32(16-31(48-24)21(19)3)50-33(35(27)46-4)15-23(44)18-42/h19,23-39,44-45H,2-3,5-18,42H2,1,4H3/t19-,23?,24+,25?,26?,27?,28-,29+,30?,31-,32?,33-,34?,35-,36?,37+,38-,39?,40+/m1/s1. The number of fused-ring (bicyclic) bond motifs is 9. The van der Waals surface area contributed by atoms with Gasteiger partial charge in [-0.3, -0.25) is 4.79 Å². The fourth-order valence-corrected chi connectivity index (χ4v) is 11.9. The topological polar surface area (TPSA) is 157 Å². The van der Waals surface area contributed by atoms with E-state index in [1.807, 2.05) is 0 Å². The van der Waals surface area contributed by atoms with Gasteiger partial charge in [0.2, 0.25) is 0 Å². The van der Waals surface area contributed by atoms with Crippen LogP contribution >= 0.6 is 22.6 Å². The number of alkyl halides is 1. The van der Waals surface area contributed by atoms with Crippen molar-refractivity contribution in [3.8, 4) is 0 Å². The van der Waals surface area contributed by atoms with E-state index in [1.54, 1.807) is 7.11 Å². The quantitative estimate of drug-likeness (QED) is 0.214. The van der Waals surface area contributed by atoms with Gasteiger partial charge in [0.25, 0.3) is 0 Å². The molecule has 8 saturated heterocycles. The zero-order valence-corrected chi connectivity index (χ0v) is 33.4. The van der Waals surface area contributed by atoms with Gasteiger partial charge in [0.1, 0.15) is 30.2 Å². The zero-order valence-electron chi connectivity index (χ0n) is 31.2. The minimum Gasteiger partial charge on any atom is -0.392 e. The number of ether oxygens (including phenoxy) is 8. The van der Waals surface area contributed by atoms with Gasteiger partial charge in [-0.25, -0.2) is 0 Å². The Labute approximate surface area is 327 Å². The predicted octanol–water partition coefficient (Wildman–Crippen LogP) is 3.84. The molecule has 4 N–H and O–H groups in total. The molecule has 8 aliphatic rings. The molecule has 8 rings (SSSR count). The summed E-state index contributed by atoms with van der Waals surface area (Å²) in [4.78, 5) is 14.1. The molecule has 19 atom stereocenters. The van der Waals surface area contributed by atoms with Crippen LogP contribution in [0.3, 0.4) is 0 Å². The molecule has 0 aromatic heterocycles. The molecule has 9 unspecified atom stereocenters. The highest BCUT2D eigenvalue weighted by Gasteiger charge is 2.62. The number of rotatable bonds is 4. The third-order valence-electron chi connectivity index (χ3n) is 13.6. The molecule has 10 bridgehead atoms. The Hall–Kier alpha value is -0.560. The van der Waals surface area contributed by atoms with Gasteiger partial charge in [0.05, 0.1) is 71.1 Å². The number of methoxy groups -OCH3 is 1. The van der Waals surface area contributed by atoms with Crippen molar-refractivity contribution in [2.24, 2.45) is 17.6 Å². The van der Waals surface area contributed by atoms with E-state index in [2.05, 4.69) is 42.7 Å². The number of aliphatic hydroxyl groups is 2. The number of carbonyl (C=O) groups excluding carboxylic acids is 1. The van der Waals surface area contributed by atoms with E-state index in [9.17, 15) is 15.0 Å². The van der Waals surface area contributed by atoms with Crippen molar-refractivity contribution >= 4 is 28.4 Å². The van der Waals surface area contributed by atoms with Crippen LogP contribution in [0.15, 0.2) is 24.3 Å². The van der Waals surface area contributed by atoms with Crippen molar-refractivity contribution in [3.05, 3.63) is 24.3 Å². The highest BCUT2D eigenvalue weighted by molar-refractivity contribution is 14.1. The van der Waals surface area contributed by atoms with Gasteiger partial charge >= 0.3 is 0 Å². The van der Waals surface area contributed by atoms with E-state index in [0.717, 1.165) is 49.7 Å². The lowest BCUT2D eigenvalue weighted by Gasteiger charge is -2.49. The van der Waals surface area contributed by atoms with Crippen molar-refractivity contribution in [3.63, 3.8) is 0 Å². The molecule has 8 fully saturated rings. The number of carbonyl (C=O) groups is 1. The molecule has 0 aromatic carbocycles. The largest absolute Gasteiger partial charge is 0.392 e. The van der Waals surface area contributed by atoms with Gasteiger partial charge in [0, 0.05) is 58.1 Å². The number of Topliss-reactive ketones (excluding diaryl/α,β-unsaturated/α-hetero) is 1. The van der Waals surface area contributed by atoms with Gasteiger partial charge in [-0.2, -0.15) is 0 Å². The Morgan fingerprint density at radius 3 is 2.43 bits per heavy atom. The smallest absolute Gasteiger partial charge is 0.172 e. The molecule has 12 nitrogen and oxygen atoms in total. The van der Waals surface area contributed by atoms with Gasteiger partial charge in [-0.05, 0) is 62.0 Å². The second kappa shape index (κ2) is 16.0. The number of hydrogen-bond donors (Lipinski definition) is 3.